The highest BCUT2D eigenvalue weighted by molar-refractivity contribution is 5.55. The van der Waals surface area contributed by atoms with E-state index in [-0.39, 0.29) is 6.79 Å². The highest BCUT2D eigenvalue weighted by atomic mass is 16.7. The van der Waals surface area contributed by atoms with Crippen LogP contribution in [0.5, 0.6) is 17.2 Å². The lowest BCUT2D eigenvalue weighted by Gasteiger charge is -2.11. The van der Waals surface area contributed by atoms with Crippen LogP contribution in [-0.2, 0) is 11.3 Å². The highest BCUT2D eigenvalue weighted by Crippen LogP contribution is 2.41. The van der Waals surface area contributed by atoms with Crippen molar-refractivity contribution in [3.05, 3.63) is 17.7 Å². The zero-order chi connectivity index (χ0) is 13.1. The molecule has 1 aromatic rings. The summed E-state index contributed by atoms with van der Waals surface area (Å²) in [4.78, 5) is 0. The van der Waals surface area contributed by atoms with E-state index < -0.39 is 0 Å². The van der Waals surface area contributed by atoms with Gasteiger partial charge in [0.05, 0.1) is 13.7 Å². The SMILES string of the molecule is COc1cc(CNCC2CCOC2)cc2c1OCO2. The van der Waals surface area contributed by atoms with Gasteiger partial charge in [-0.25, -0.2) is 0 Å². The van der Waals surface area contributed by atoms with E-state index in [4.69, 9.17) is 18.9 Å². The van der Waals surface area contributed by atoms with Gasteiger partial charge in [0.15, 0.2) is 11.5 Å². The Morgan fingerprint density at radius 3 is 3.11 bits per heavy atom. The van der Waals surface area contributed by atoms with Crippen molar-refractivity contribution in [3.8, 4) is 17.2 Å². The van der Waals surface area contributed by atoms with Gasteiger partial charge < -0.3 is 24.3 Å². The van der Waals surface area contributed by atoms with E-state index >= 15 is 0 Å². The molecule has 19 heavy (non-hydrogen) atoms. The van der Waals surface area contributed by atoms with E-state index in [9.17, 15) is 0 Å². The summed E-state index contributed by atoms with van der Waals surface area (Å²) >= 11 is 0. The molecule has 1 saturated heterocycles. The number of fused-ring (bicyclic) bond motifs is 1. The quantitative estimate of drug-likeness (QED) is 0.875. The molecule has 1 fully saturated rings. The van der Waals surface area contributed by atoms with Crippen LogP contribution in [0.4, 0.5) is 0 Å². The third-order valence-corrected chi connectivity index (χ3v) is 3.50. The Bertz CT molecular complexity index is 443. The van der Waals surface area contributed by atoms with Crippen LogP contribution in [-0.4, -0.2) is 33.7 Å². The van der Waals surface area contributed by atoms with Gasteiger partial charge >= 0.3 is 0 Å². The summed E-state index contributed by atoms with van der Waals surface area (Å²) in [6.07, 6.45) is 1.15. The third-order valence-electron chi connectivity index (χ3n) is 3.50. The molecule has 0 amide bonds. The molecule has 3 rings (SSSR count). The van der Waals surface area contributed by atoms with Crippen LogP contribution in [0.1, 0.15) is 12.0 Å². The molecule has 1 unspecified atom stereocenters. The molecule has 2 aliphatic heterocycles. The monoisotopic (exact) mass is 265 g/mol. The molecular weight excluding hydrogens is 246 g/mol. The van der Waals surface area contributed by atoms with E-state index in [0.717, 1.165) is 49.8 Å². The molecule has 0 aromatic heterocycles. The van der Waals surface area contributed by atoms with Gasteiger partial charge in [0.25, 0.3) is 0 Å². The van der Waals surface area contributed by atoms with Crippen LogP contribution in [0.2, 0.25) is 0 Å². The average Bonchev–Trinajstić information content (AvgIpc) is 3.08. The third kappa shape index (κ3) is 2.77. The minimum atomic E-state index is 0.266. The van der Waals surface area contributed by atoms with Gasteiger partial charge in [-0.3, -0.25) is 0 Å². The molecule has 1 aromatic carbocycles. The molecule has 0 aliphatic carbocycles. The highest BCUT2D eigenvalue weighted by Gasteiger charge is 2.20. The predicted octanol–water partition coefficient (Wildman–Crippen LogP) is 1.55. The Balaban J connectivity index is 1.61. The Morgan fingerprint density at radius 1 is 1.37 bits per heavy atom. The molecule has 0 bridgehead atoms. The van der Waals surface area contributed by atoms with E-state index in [1.54, 1.807) is 7.11 Å². The lowest BCUT2D eigenvalue weighted by atomic mass is 10.1. The summed E-state index contributed by atoms with van der Waals surface area (Å²) in [6.45, 7) is 3.81. The summed E-state index contributed by atoms with van der Waals surface area (Å²) in [5, 5.41) is 3.45. The molecule has 5 nitrogen and oxygen atoms in total. The van der Waals surface area contributed by atoms with Gasteiger partial charge in [0, 0.05) is 19.7 Å². The minimum Gasteiger partial charge on any atom is -0.493 e. The zero-order valence-electron chi connectivity index (χ0n) is 11.1. The maximum Gasteiger partial charge on any atom is 0.231 e. The van der Waals surface area contributed by atoms with Crippen molar-refractivity contribution in [3.63, 3.8) is 0 Å². The van der Waals surface area contributed by atoms with Gasteiger partial charge in [0.2, 0.25) is 12.5 Å². The van der Waals surface area contributed by atoms with Crippen molar-refractivity contribution in [1.29, 1.82) is 0 Å². The van der Waals surface area contributed by atoms with E-state index in [1.807, 2.05) is 12.1 Å². The van der Waals surface area contributed by atoms with E-state index in [2.05, 4.69) is 5.32 Å². The second kappa shape index (κ2) is 5.67. The van der Waals surface area contributed by atoms with Crippen LogP contribution in [0.25, 0.3) is 0 Å². The number of hydrogen-bond acceptors (Lipinski definition) is 5. The molecule has 1 atom stereocenters. The van der Waals surface area contributed by atoms with Crippen LogP contribution in [0.3, 0.4) is 0 Å². The lowest BCUT2D eigenvalue weighted by molar-refractivity contribution is 0.171. The van der Waals surface area contributed by atoms with Gasteiger partial charge in [-0.15, -0.1) is 0 Å². The average molecular weight is 265 g/mol. The molecule has 1 N–H and O–H groups in total. The lowest BCUT2D eigenvalue weighted by Crippen LogP contribution is -2.22. The summed E-state index contributed by atoms with van der Waals surface area (Å²) in [7, 11) is 1.64. The Kier molecular flexibility index (Phi) is 3.75. The second-order valence-electron chi connectivity index (χ2n) is 4.89. The van der Waals surface area contributed by atoms with Crippen LogP contribution < -0.4 is 19.5 Å². The van der Waals surface area contributed by atoms with Gasteiger partial charge in [-0.05, 0) is 30.0 Å². The van der Waals surface area contributed by atoms with Crippen molar-refractivity contribution >= 4 is 0 Å². The first kappa shape index (κ1) is 12.6. The van der Waals surface area contributed by atoms with E-state index in [1.165, 1.54) is 0 Å². The summed E-state index contributed by atoms with van der Waals surface area (Å²) < 4.78 is 21.5. The van der Waals surface area contributed by atoms with Crippen LogP contribution in [0, 0.1) is 5.92 Å². The zero-order valence-corrected chi connectivity index (χ0v) is 11.1. The fourth-order valence-electron chi connectivity index (χ4n) is 2.45. The summed E-state index contributed by atoms with van der Waals surface area (Å²) in [5.41, 5.74) is 1.14. The number of benzene rings is 1. The Labute approximate surface area is 112 Å². The molecule has 0 spiro atoms. The first-order valence-electron chi connectivity index (χ1n) is 6.62. The topological polar surface area (TPSA) is 49.0 Å². The summed E-state index contributed by atoms with van der Waals surface area (Å²) in [5.74, 6) is 2.84. The predicted molar refractivity (Wildman–Crippen MR) is 69.7 cm³/mol. The van der Waals surface area contributed by atoms with Crippen molar-refractivity contribution in [2.75, 3.05) is 33.7 Å². The molecule has 2 aliphatic rings. The van der Waals surface area contributed by atoms with Crippen LogP contribution in [0.15, 0.2) is 12.1 Å². The number of nitrogens with one attached hydrogen (secondary N) is 1. The van der Waals surface area contributed by atoms with Crippen molar-refractivity contribution in [1.82, 2.24) is 5.32 Å². The molecule has 104 valence electrons. The van der Waals surface area contributed by atoms with Crippen molar-refractivity contribution < 1.29 is 18.9 Å². The minimum absolute atomic E-state index is 0.266. The maximum atomic E-state index is 5.41. The largest absolute Gasteiger partial charge is 0.493 e. The van der Waals surface area contributed by atoms with Crippen LogP contribution >= 0.6 is 0 Å². The Hall–Kier alpha value is -1.46. The molecule has 0 saturated carbocycles. The van der Waals surface area contributed by atoms with Gasteiger partial charge in [0.1, 0.15) is 0 Å². The molecule has 5 heteroatoms. The maximum absolute atomic E-state index is 5.41. The molecule has 2 heterocycles. The number of hydrogen-bond donors (Lipinski definition) is 1. The van der Waals surface area contributed by atoms with Crippen molar-refractivity contribution in [2.24, 2.45) is 5.92 Å². The molecule has 0 radical (unpaired) electrons. The fraction of sp³-hybridized carbons (Fsp3) is 0.571. The van der Waals surface area contributed by atoms with E-state index in [0.29, 0.717) is 11.7 Å². The second-order valence-corrected chi connectivity index (χ2v) is 4.89. The summed E-state index contributed by atoms with van der Waals surface area (Å²) in [6, 6.07) is 3.99. The van der Waals surface area contributed by atoms with Gasteiger partial charge in [-0.2, -0.15) is 0 Å². The number of rotatable bonds is 5. The first-order valence-corrected chi connectivity index (χ1v) is 6.62. The standard InChI is InChI=1S/C14H19NO4/c1-16-12-4-11(5-13-14(12)19-9-18-13)7-15-6-10-2-3-17-8-10/h4-5,10,15H,2-3,6-9H2,1H3. The van der Waals surface area contributed by atoms with Gasteiger partial charge in [-0.1, -0.05) is 0 Å². The Morgan fingerprint density at radius 2 is 2.32 bits per heavy atom. The number of methoxy groups -OCH3 is 1. The molecular formula is C14H19NO4. The normalized spacial score (nSPS) is 20.8. The first-order chi connectivity index (χ1) is 9.36. The smallest absolute Gasteiger partial charge is 0.231 e. The number of ether oxygens (including phenoxy) is 4. The fourth-order valence-corrected chi connectivity index (χ4v) is 2.45. The van der Waals surface area contributed by atoms with Crippen molar-refractivity contribution in [2.45, 2.75) is 13.0 Å².